The number of hydrogen-bond donors (Lipinski definition) is 1. The van der Waals surface area contributed by atoms with Crippen LogP contribution in [0.1, 0.15) is 35.2 Å². The Labute approximate surface area is 131 Å². The number of benzene rings is 2. The van der Waals surface area contributed by atoms with Gasteiger partial charge in [0.2, 0.25) is 0 Å². The number of carbonyl (C=O) groups is 1. The zero-order valence-electron chi connectivity index (χ0n) is 12.8. The van der Waals surface area contributed by atoms with Crippen LogP contribution in [0, 0.1) is 0 Å². The van der Waals surface area contributed by atoms with Gasteiger partial charge in [0.25, 0.3) is 0 Å². The van der Waals surface area contributed by atoms with Gasteiger partial charge < -0.3 is 4.74 Å². The van der Waals surface area contributed by atoms with E-state index in [2.05, 4.69) is 53.8 Å². The molecule has 0 saturated heterocycles. The molecule has 2 aromatic rings. The van der Waals surface area contributed by atoms with Crippen LogP contribution < -0.4 is 5.32 Å². The maximum Gasteiger partial charge on any atom is 0.319 e. The van der Waals surface area contributed by atoms with E-state index in [1.54, 1.807) is 0 Å². The van der Waals surface area contributed by atoms with E-state index in [9.17, 15) is 4.79 Å². The van der Waals surface area contributed by atoms with Crippen molar-refractivity contribution >= 4 is 5.97 Å². The first kappa shape index (κ1) is 14.8. The Balaban J connectivity index is 1.93. The summed E-state index contributed by atoms with van der Waals surface area (Å²) in [5.41, 5.74) is 5.22. The van der Waals surface area contributed by atoms with Gasteiger partial charge in [-0.2, -0.15) is 0 Å². The Morgan fingerprint density at radius 2 is 1.59 bits per heavy atom. The summed E-state index contributed by atoms with van der Waals surface area (Å²) in [5.74, 6) is -0.207. The molecule has 1 aliphatic carbocycles. The molecule has 0 unspecified atom stereocenters. The summed E-state index contributed by atoms with van der Waals surface area (Å²) in [7, 11) is 0. The molecule has 0 heterocycles. The van der Waals surface area contributed by atoms with E-state index in [4.69, 9.17) is 4.74 Å². The molecular weight excluding hydrogens is 274 g/mol. The van der Waals surface area contributed by atoms with Crippen molar-refractivity contribution in [1.82, 2.24) is 5.32 Å². The highest BCUT2D eigenvalue weighted by Crippen LogP contribution is 2.32. The number of hydrogen-bond acceptors (Lipinski definition) is 3. The third-order valence-electron chi connectivity index (χ3n) is 4.15. The minimum atomic E-state index is -0.207. The average Bonchev–Trinajstić information content (AvgIpc) is 2.70. The molecule has 3 rings (SSSR count). The lowest BCUT2D eigenvalue weighted by atomic mass is 9.94. The molecule has 3 heteroatoms. The quantitative estimate of drug-likeness (QED) is 0.881. The van der Waals surface area contributed by atoms with Gasteiger partial charge in [0.1, 0.15) is 0 Å². The van der Waals surface area contributed by atoms with Crippen molar-refractivity contribution in [2.45, 2.75) is 25.8 Å². The molecule has 114 valence electrons. The Bertz CT molecular complexity index is 618. The van der Waals surface area contributed by atoms with Crippen LogP contribution in [0.25, 0.3) is 0 Å². The lowest BCUT2D eigenvalue weighted by Crippen LogP contribution is -2.30. The summed E-state index contributed by atoms with van der Waals surface area (Å²) < 4.78 is 5.04. The molecule has 0 amide bonds. The Morgan fingerprint density at radius 1 is 1.05 bits per heavy atom. The summed E-state index contributed by atoms with van der Waals surface area (Å²) in [6.07, 6.45) is 2.07. The van der Waals surface area contributed by atoms with Crippen molar-refractivity contribution in [2.75, 3.05) is 13.2 Å². The van der Waals surface area contributed by atoms with E-state index in [1.807, 2.05) is 6.92 Å². The fourth-order valence-corrected chi connectivity index (χ4v) is 3.14. The molecule has 0 spiro atoms. The normalized spacial score (nSPS) is 13.9. The van der Waals surface area contributed by atoms with Crippen molar-refractivity contribution < 1.29 is 9.53 Å². The van der Waals surface area contributed by atoms with Gasteiger partial charge in [-0.15, -0.1) is 0 Å². The van der Waals surface area contributed by atoms with E-state index in [-0.39, 0.29) is 18.6 Å². The standard InChI is InChI=1S/C19H21NO2/c1-2-22-18(21)13-20-19-16-9-5-3-7-14(16)11-12-15-8-4-6-10-17(15)19/h3-10,19-20H,2,11-13H2,1H3. The van der Waals surface area contributed by atoms with Gasteiger partial charge in [0, 0.05) is 0 Å². The van der Waals surface area contributed by atoms with Gasteiger partial charge in [-0.05, 0) is 42.0 Å². The summed E-state index contributed by atoms with van der Waals surface area (Å²) in [4.78, 5) is 11.7. The van der Waals surface area contributed by atoms with Crippen molar-refractivity contribution in [2.24, 2.45) is 0 Å². The lowest BCUT2D eigenvalue weighted by molar-refractivity contribution is -0.142. The van der Waals surface area contributed by atoms with Gasteiger partial charge >= 0.3 is 5.97 Å². The number of aryl methyl sites for hydroxylation is 2. The number of ether oxygens (including phenoxy) is 1. The number of esters is 1. The molecule has 2 aromatic carbocycles. The first-order chi connectivity index (χ1) is 10.8. The average molecular weight is 295 g/mol. The Hall–Kier alpha value is -2.13. The lowest BCUT2D eigenvalue weighted by Gasteiger charge is -2.21. The first-order valence-electron chi connectivity index (χ1n) is 7.84. The highest BCUT2D eigenvalue weighted by Gasteiger charge is 2.23. The zero-order chi connectivity index (χ0) is 15.4. The molecule has 0 bridgehead atoms. The van der Waals surface area contributed by atoms with Crippen molar-refractivity contribution in [1.29, 1.82) is 0 Å². The number of rotatable bonds is 4. The molecule has 1 N–H and O–H groups in total. The molecule has 0 atom stereocenters. The van der Waals surface area contributed by atoms with Crippen LogP contribution >= 0.6 is 0 Å². The highest BCUT2D eigenvalue weighted by molar-refractivity contribution is 5.71. The molecular formula is C19H21NO2. The van der Waals surface area contributed by atoms with E-state index >= 15 is 0 Å². The Kier molecular flexibility index (Phi) is 4.54. The molecule has 0 radical (unpaired) electrons. The van der Waals surface area contributed by atoms with E-state index < -0.39 is 0 Å². The van der Waals surface area contributed by atoms with Crippen LogP contribution in [0.5, 0.6) is 0 Å². The van der Waals surface area contributed by atoms with E-state index in [0.29, 0.717) is 6.61 Å². The Morgan fingerprint density at radius 3 is 2.14 bits per heavy atom. The van der Waals surface area contributed by atoms with Crippen LogP contribution in [0.3, 0.4) is 0 Å². The second-order valence-corrected chi connectivity index (χ2v) is 5.52. The second-order valence-electron chi connectivity index (χ2n) is 5.52. The summed E-state index contributed by atoms with van der Waals surface area (Å²) in [6, 6.07) is 17.0. The van der Waals surface area contributed by atoms with E-state index in [0.717, 1.165) is 12.8 Å². The minimum Gasteiger partial charge on any atom is -0.465 e. The largest absolute Gasteiger partial charge is 0.465 e. The topological polar surface area (TPSA) is 38.3 Å². The van der Waals surface area contributed by atoms with Gasteiger partial charge in [0.15, 0.2) is 0 Å². The maximum atomic E-state index is 11.7. The maximum absolute atomic E-state index is 11.7. The second kappa shape index (κ2) is 6.75. The molecule has 22 heavy (non-hydrogen) atoms. The monoisotopic (exact) mass is 295 g/mol. The van der Waals surface area contributed by atoms with Gasteiger partial charge in [-0.1, -0.05) is 48.5 Å². The summed E-state index contributed by atoms with van der Waals surface area (Å²) in [6.45, 7) is 2.47. The molecule has 0 aliphatic heterocycles. The van der Waals surface area contributed by atoms with Gasteiger partial charge in [0.05, 0.1) is 19.2 Å². The molecule has 0 saturated carbocycles. The smallest absolute Gasteiger partial charge is 0.319 e. The summed E-state index contributed by atoms with van der Waals surface area (Å²) >= 11 is 0. The van der Waals surface area contributed by atoms with Crippen molar-refractivity contribution in [3.05, 3.63) is 70.8 Å². The molecule has 1 aliphatic rings. The first-order valence-corrected chi connectivity index (χ1v) is 7.84. The van der Waals surface area contributed by atoms with Crippen LogP contribution in [-0.4, -0.2) is 19.1 Å². The fourth-order valence-electron chi connectivity index (χ4n) is 3.14. The SMILES string of the molecule is CCOC(=O)CNC1c2ccccc2CCc2ccccc21. The predicted octanol–water partition coefficient (Wildman–Crippen LogP) is 3.03. The predicted molar refractivity (Wildman–Crippen MR) is 86.8 cm³/mol. The number of nitrogens with one attached hydrogen (secondary N) is 1. The zero-order valence-corrected chi connectivity index (χ0v) is 12.8. The van der Waals surface area contributed by atoms with Crippen molar-refractivity contribution in [3.63, 3.8) is 0 Å². The number of carbonyl (C=O) groups excluding carboxylic acids is 1. The third kappa shape index (κ3) is 3.04. The van der Waals surface area contributed by atoms with Crippen molar-refractivity contribution in [3.8, 4) is 0 Å². The van der Waals surface area contributed by atoms with Crippen LogP contribution in [0.4, 0.5) is 0 Å². The van der Waals surface area contributed by atoms with Gasteiger partial charge in [-0.3, -0.25) is 10.1 Å². The van der Waals surface area contributed by atoms with Crippen LogP contribution in [0.15, 0.2) is 48.5 Å². The number of fused-ring (bicyclic) bond motifs is 2. The van der Waals surface area contributed by atoms with Gasteiger partial charge in [-0.25, -0.2) is 0 Å². The van der Waals surface area contributed by atoms with Crippen LogP contribution in [-0.2, 0) is 22.4 Å². The third-order valence-corrected chi connectivity index (χ3v) is 4.15. The fraction of sp³-hybridized carbons (Fsp3) is 0.316. The minimum absolute atomic E-state index is 0.0410. The summed E-state index contributed by atoms with van der Waals surface area (Å²) in [5, 5.41) is 3.38. The molecule has 3 nitrogen and oxygen atoms in total. The highest BCUT2D eigenvalue weighted by atomic mass is 16.5. The molecule has 0 fully saturated rings. The molecule has 0 aromatic heterocycles. The van der Waals surface area contributed by atoms with Crippen LogP contribution in [0.2, 0.25) is 0 Å². The van der Waals surface area contributed by atoms with E-state index in [1.165, 1.54) is 22.3 Å².